The number of fused-ring (bicyclic) bond motifs is 4. The average molecular weight is 401 g/mol. The number of hydrazine groups is 1. The normalized spacial score (nSPS) is 13.2. The highest BCUT2D eigenvalue weighted by atomic mass is 16.2. The van der Waals surface area contributed by atoms with Gasteiger partial charge in [0.15, 0.2) is 5.69 Å². The molecular formula is C22H19N5O3. The summed E-state index contributed by atoms with van der Waals surface area (Å²) in [4.78, 5) is 40.7. The highest BCUT2D eigenvalue weighted by Crippen LogP contribution is 2.30. The second-order valence-electron chi connectivity index (χ2n) is 7.37. The Hall–Kier alpha value is -3.94. The number of carbonyl (C=O) groups is 2. The summed E-state index contributed by atoms with van der Waals surface area (Å²) in [6, 6.07) is 12.3. The van der Waals surface area contributed by atoms with Crippen LogP contribution in [-0.2, 0) is 12.8 Å². The lowest BCUT2D eigenvalue weighted by atomic mass is 9.95. The average Bonchev–Trinajstić information content (AvgIpc) is 3.16. The Balaban J connectivity index is 1.41. The molecule has 8 nitrogen and oxygen atoms in total. The lowest BCUT2D eigenvalue weighted by Gasteiger charge is -2.10. The van der Waals surface area contributed by atoms with Crippen LogP contribution in [-0.4, -0.2) is 27.0 Å². The van der Waals surface area contributed by atoms with E-state index in [-0.39, 0.29) is 11.3 Å². The zero-order valence-corrected chi connectivity index (χ0v) is 16.0. The third kappa shape index (κ3) is 2.93. The van der Waals surface area contributed by atoms with Crippen LogP contribution in [0.25, 0.3) is 21.7 Å². The first-order valence-electron chi connectivity index (χ1n) is 9.84. The molecule has 0 unspecified atom stereocenters. The van der Waals surface area contributed by atoms with Gasteiger partial charge in [-0.25, -0.2) is 5.10 Å². The van der Waals surface area contributed by atoms with Gasteiger partial charge in [-0.2, -0.15) is 5.10 Å². The van der Waals surface area contributed by atoms with Gasteiger partial charge in [0, 0.05) is 16.5 Å². The first kappa shape index (κ1) is 18.1. The minimum Gasteiger partial charge on any atom is -0.358 e. The lowest BCUT2D eigenvalue weighted by Crippen LogP contribution is -2.42. The molecule has 5 rings (SSSR count). The Kier molecular flexibility index (Phi) is 4.31. The number of aryl methyl sites for hydroxylation is 2. The summed E-state index contributed by atoms with van der Waals surface area (Å²) in [5.74, 6) is -1.05. The topological polar surface area (TPSA) is 120 Å². The third-order valence-electron chi connectivity index (χ3n) is 5.58. The minimum absolute atomic E-state index is 0.0269. The standard InChI is InChI=1S/C22H19N5O3/c28-20-15-8-2-1-7-14(15)19(24-25-20)22(30)27-26-21(29)16-10-5-9-13-12-6-3-4-11-17(12)23-18(13)16/h1-2,5,7-10,23H,3-4,6,11H2,(H,25,28)(H,26,29)(H,27,30). The zero-order valence-electron chi connectivity index (χ0n) is 16.0. The number of hydrogen-bond acceptors (Lipinski definition) is 4. The Bertz CT molecular complexity index is 1370. The summed E-state index contributed by atoms with van der Waals surface area (Å²) in [5.41, 5.74) is 8.21. The zero-order chi connectivity index (χ0) is 20.7. The Labute approximate surface area is 170 Å². The van der Waals surface area contributed by atoms with Gasteiger partial charge in [0.05, 0.1) is 16.5 Å². The number of para-hydroxylation sites is 1. The molecule has 2 amide bonds. The van der Waals surface area contributed by atoms with Gasteiger partial charge >= 0.3 is 0 Å². The van der Waals surface area contributed by atoms with Crippen LogP contribution in [0, 0.1) is 0 Å². The number of nitrogens with zero attached hydrogens (tertiary/aromatic N) is 1. The van der Waals surface area contributed by atoms with Gasteiger partial charge in [-0.3, -0.25) is 25.2 Å². The number of carbonyl (C=O) groups excluding carboxylic acids is 2. The number of hydrogen-bond donors (Lipinski definition) is 4. The molecule has 0 spiro atoms. The minimum atomic E-state index is -0.617. The second-order valence-corrected chi connectivity index (χ2v) is 7.37. The maximum absolute atomic E-state index is 12.8. The molecular weight excluding hydrogens is 382 g/mol. The van der Waals surface area contributed by atoms with Crippen LogP contribution >= 0.6 is 0 Å². The summed E-state index contributed by atoms with van der Waals surface area (Å²) in [6.07, 6.45) is 4.26. The van der Waals surface area contributed by atoms with E-state index in [0.717, 1.165) is 36.6 Å². The fourth-order valence-corrected chi connectivity index (χ4v) is 4.15. The van der Waals surface area contributed by atoms with Crippen molar-refractivity contribution < 1.29 is 9.59 Å². The van der Waals surface area contributed by atoms with Crippen LogP contribution in [0.1, 0.15) is 44.9 Å². The molecule has 0 atom stereocenters. The summed E-state index contributed by atoms with van der Waals surface area (Å²) >= 11 is 0. The molecule has 0 bridgehead atoms. The number of rotatable bonds is 2. The molecule has 0 fully saturated rings. The summed E-state index contributed by atoms with van der Waals surface area (Å²) in [7, 11) is 0. The van der Waals surface area contributed by atoms with Gasteiger partial charge in [0.2, 0.25) is 0 Å². The fourth-order valence-electron chi connectivity index (χ4n) is 4.15. The van der Waals surface area contributed by atoms with Crippen molar-refractivity contribution in [3.63, 3.8) is 0 Å². The largest absolute Gasteiger partial charge is 0.358 e. The van der Waals surface area contributed by atoms with E-state index >= 15 is 0 Å². The van der Waals surface area contributed by atoms with Crippen molar-refractivity contribution in [2.75, 3.05) is 0 Å². The first-order chi connectivity index (χ1) is 14.6. The van der Waals surface area contributed by atoms with Crippen LogP contribution in [0.3, 0.4) is 0 Å². The molecule has 8 heteroatoms. The van der Waals surface area contributed by atoms with Crippen molar-refractivity contribution >= 4 is 33.5 Å². The van der Waals surface area contributed by atoms with Crippen LogP contribution in [0.2, 0.25) is 0 Å². The fraction of sp³-hybridized carbons (Fsp3) is 0.182. The van der Waals surface area contributed by atoms with Gasteiger partial charge in [0.1, 0.15) is 0 Å². The third-order valence-corrected chi connectivity index (χ3v) is 5.58. The Morgan fingerprint density at radius 1 is 0.867 bits per heavy atom. The van der Waals surface area contributed by atoms with E-state index in [1.54, 1.807) is 30.3 Å². The predicted molar refractivity (Wildman–Crippen MR) is 112 cm³/mol. The van der Waals surface area contributed by atoms with Crippen LogP contribution < -0.4 is 16.4 Å². The molecule has 1 aliphatic rings. The highest BCUT2D eigenvalue weighted by molar-refractivity contribution is 6.09. The van der Waals surface area contributed by atoms with Gasteiger partial charge in [0.25, 0.3) is 17.4 Å². The maximum atomic E-state index is 12.8. The van der Waals surface area contributed by atoms with E-state index in [2.05, 4.69) is 26.0 Å². The Morgan fingerprint density at radius 3 is 2.47 bits per heavy atom. The van der Waals surface area contributed by atoms with E-state index in [9.17, 15) is 14.4 Å². The molecule has 30 heavy (non-hydrogen) atoms. The maximum Gasteiger partial charge on any atom is 0.290 e. The van der Waals surface area contributed by atoms with E-state index in [1.165, 1.54) is 11.3 Å². The molecule has 4 aromatic rings. The molecule has 0 radical (unpaired) electrons. The number of benzene rings is 2. The van der Waals surface area contributed by atoms with Crippen molar-refractivity contribution in [1.82, 2.24) is 26.0 Å². The quantitative estimate of drug-likeness (QED) is 0.385. The van der Waals surface area contributed by atoms with Crippen molar-refractivity contribution in [3.8, 4) is 0 Å². The van der Waals surface area contributed by atoms with E-state index in [0.29, 0.717) is 16.3 Å². The van der Waals surface area contributed by atoms with Gasteiger partial charge in [-0.05, 0) is 43.4 Å². The number of aromatic amines is 2. The molecule has 2 aromatic heterocycles. The van der Waals surface area contributed by atoms with Crippen LogP contribution in [0.15, 0.2) is 47.3 Å². The van der Waals surface area contributed by atoms with E-state index in [1.807, 2.05) is 12.1 Å². The molecule has 0 aliphatic heterocycles. The summed E-state index contributed by atoms with van der Waals surface area (Å²) < 4.78 is 0. The van der Waals surface area contributed by atoms with E-state index < -0.39 is 11.8 Å². The number of nitrogens with one attached hydrogen (secondary N) is 4. The van der Waals surface area contributed by atoms with Gasteiger partial charge in [-0.15, -0.1) is 0 Å². The Morgan fingerprint density at radius 2 is 1.60 bits per heavy atom. The molecule has 4 N–H and O–H groups in total. The highest BCUT2D eigenvalue weighted by Gasteiger charge is 2.20. The van der Waals surface area contributed by atoms with Gasteiger partial charge < -0.3 is 4.98 Å². The SMILES string of the molecule is O=C(NNC(=O)c1cccc2c3c([nH]c12)CCCC3)c1n[nH]c(=O)c2ccccc12. The van der Waals surface area contributed by atoms with Crippen LogP contribution in [0.4, 0.5) is 0 Å². The summed E-state index contributed by atoms with van der Waals surface area (Å²) in [5, 5.41) is 7.97. The number of amides is 2. The van der Waals surface area contributed by atoms with Crippen LogP contribution in [0.5, 0.6) is 0 Å². The first-order valence-corrected chi connectivity index (χ1v) is 9.84. The smallest absolute Gasteiger partial charge is 0.290 e. The summed E-state index contributed by atoms with van der Waals surface area (Å²) in [6.45, 7) is 0. The van der Waals surface area contributed by atoms with Crippen molar-refractivity contribution in [2.45, 2.75) is 25.7 Å². The van der Waals surface area contributed by atoms with Crippen molar-refractivity contribution in [1.29, 1.82) is 0 Å². The number of aromatic nitrogens is 3. The molecule has 1 aliphatic carbocycles. The predicted octanol–water partition coefficient (Wildman–Crippen LogP) is 2.36. The lowest BCUT2D eigenvalue weighted by molar-refractivity contribution is 0.0845. The van der Waals surface area contributed by atoms with Crippen molar-refractivity contribution in [3.05, 3.63) is 75.3 Å². The molecule has 2 heterocycles. The second kappa shape index (κ2) is 7.14. The van der Waals surface area contributed by atoms with Gasteiger partial charge in [-0.1, -0.05) is 30.3 Å². The molecule has 0 saturated heterocycles. The molecule has 150 valence electrons. The number of H-pyrrole nitrogens is 2. The van der Waals surface area contributed by atoms with E-state index in [4.69, 9.17) is 0 Å². The monoisotopic (exact) mass is 401 g/mol. The molecule has 2 aromatic carbocycles. The molecule has 0 saturated carbocycles. The van der Waals surface area contributed by atoms with Crippen molar-refractivity contribution in [2.24, 2.45) is 0 Å².